The first kappa shape index (κ1) is 18.7. The molecule has 0 saturated heterocycles. The Balaban J connectivity index is 2.77. The van der Waals surface area contributed by atoms with Gasteiger partial charge in [0.05, 0.1) is 27.4 Å². The van der Waals surface area contributed by atoms with Gasteiger partial charge in [-0.3, -0.25) is 9.59 Å². The highest BCUT2D eigenvalue weighted by molar-refractivity contribution is 5.95. The second-order valence-corrected chi connectivity index (χ2v) is 5.73. The maximum atomic E-state index is 12.5. The van der Waals surface area contributed by atoms with Crippen LogP contribution in [0.3, 0.4) is 0 Å². The molecule has 0 bridgehead atoms. The van der Waals surface area contributed by atoms with E-state index in [0.29, 0.717) is 12.8 Å². The lowest BCUT2D eigenvalue weighted by molar-refractivity contribution is -0.122. The van der Waals surface area contributed by atoms with Crippen LogP contribution in [0.2, 0.25) is 0 Å². The zero-order valence-electron chi connectivity index (χ0n) is 14.5. The van der Waals surface area contributed by atoms with E-state index in [9.17, 15) is 19.2 Å². The van der Waals surface area contributed by atoms with Gasteiger partial charge in [-0.15, -0.1) is 0 Å². The van der Waals surface area contributed by atoms with Crippen molar-refractivity contribution < 1.29 is 28.6 Å². The summed E-state index contributed by atoms with van der Waals surface area (Å²) in [5.41, 5.74) is -1.26. The number of hydrogen-bond donors (Lipinski definition) is 0. The Labute approximate surface area is 144 Å². The van der Waals surface area contributed by atoms with Crippen molar-refractivity contribution in [2.45, 2.75) is 38.1 Å². The van der Waals surface area contributed by atoms with Gasteiger partial charge in [-0.05, 0) is 12.8 Å². The Bertz CT molecular complexity index is 750. The summed E-state index contributed by atoms with van der Waals surface area (Å²) in [4.78, 5) is 49.2. The summed E-state index contributed by atoms with van der Waals surface area (Å²) >= 11 is 0. The van der Waals surface area contributed by atoms with Crippen LogP contribution in [0.5, 0.6) is 5.75 Å². The molecule has 0 spiro atoms. The zero-order chi connectivity index (χ0) is 18.6. The minimum Gasteiger partial charge on any atom is -0.491 e. The van der Waals surface area contributed by atoms with Gasteiger partial charge >= 0.3 is 11.9 Å². The standard InChI is InChI=1S/C17H21NO7/c1-23-15-13(17(22)25-3)18(9-10(14(15)20)16(21)24-2)11-7-5-4-6-8-12(11)19/h9,11H,4-8H2,1-3H3/t11-/m0/s1. The molecule has 1 aromatic heterocycles. The number of hydrogen-bond acceptors (Lipinski definition) is 7. The van der Waals surface area contributed by atoms with Crippen molar-refractivity contribution in [3.63, 3.8) is 0 Å². The lowest BCUT2D eigenvalue weighted by Gasteiger charge is -2.23. The monoisotopic (exact) mass is 351 g/mol. The van der Waals surface area contributed by atoms with Crippen molar-refractivity contribution >= 4 is 17.7 Å². The molecule has 1 aromatic rings. The fourth-order valence-corrected chi connectivity index (χ4v) is 3.03. The van der Waals surface area contributed by atoms with Gasteiger partial charge in [0.1, 0.15) is 5.56 Å². The average molecular weight is 351 g/mol. The zero-order valence-corrected chi connectivity index (χ0v) is 14.5. The summed E-state index contributed by atoms with van der Waals surface area (Å²) in [5.74, 6) is -2.09. The quantitative estimate of drug-likeness (QED) is 0.598. The first-order valence-corrected chi connectivity index (χ1v) is 7.98. The van der Waals surface area contributed by atoms with Crippen LogP contribution >= 0.6 is 0 Å². The molecule has 0 amide bonds. The molecule has 2 rings (SSSR count). The van der Waals surface area contributed by atoms with Crippen LogP contribution in [-0.2, 0) is 14.3 Å². The van der Waals surface area contributed by atoms with E-state index < -0.39 is 23.4 Å². The van der Waals surface area contributed by atoms with E-state index in [1.165, 1.54) is 25.0 Å². The van der Waals surface area contributed by atoms with E-state index in [2.05, 4.69) is 4.74 Å². The summed E-state index contributed by atoms with van der Waals surface area (Å²) in [6.07, 6.45) is 4.51. The molecule has 1 atom stereocenters. The second kappa shape index (κ2) is 7.96. The predicted molar refractivity (Wildman–Crippen MR) is 87.1 cm³/mol. The molecule has 25 heavy (non-hydrogen) atoms. The first-order chi connectivity index (χ1) is 12.0. The van der Waals surface area contributed by atoms with Gasteiger partial charge in [-0.1, -0.05) is 12.8 Å². The van der Waals surface area contributed by atoms with Crippen molar-refractivity contribution in [3.8, 4) is 5.75 Å². The summed E-state index contributed by atoms with van der Waals surface area (Å²) in [7, 11) is 3.52. The van der Waals surface area contributed by atoms with Crippen molar-refractivity contribution in [1.29, 1.82) is 0 Å². The van der Waals surface area contributed by atoms with E-state index in [4.69, 9.17) is 9.47 Å². The van der Waals surface area contributed by atoms with Gasteiger partial charge in [-0.25, -0.2) is 9.59 Å². The number of Topliss-reactive ketones (excluding diaryl/α,β-unsaturated/α-hetero) is 1. The molecule has 8 nitrogen and oxygen atoms in total. The minimum atomic E-state index is -0.866. The van der Waals surface area contributed by atoms with E-state index in [1.807, 2.05) is 0 Å². The van der Waals surface area contributed by atoms with Gasteiger partial charge in [0, 0.05) is 12.6 Å². The van der Waals surface area contributed by atoms with Crippen LogP contribution in [0.15, 0.2) is 11.0 Å². The predicted octanol–water partition coefficient (Wildman–Crippen LogP) is 1.50. The molecule has 0 N–H and O–H groups in total. The SMILES string of the molecule is COC(=O)c1cn([C@H]2CCCCCC2=O)c(C(=O)OC)c(OC)c1=O. The molecule has 1 aliphatic carbocycles. The highest BCUT2D eigenvalue weighted by atomic mass is 16.5. The molecule has 1 fully saturated rings. The number of aromatic nitrogens is 1. The topological polar surface area (TPSA) is 101 Å². The van der Waals surface area contributed by atoms with Crippen LogP contribution in [0.1, 0.15) is 59.0 Å². The normalized spacial score (nSPS) is 17.6. The molecule has 1 saturated carbocycles. The molecule has 1 aliphatic rings. The average Bonchev–Trinajstić information content (AvgIpc) is 2.84. The number of ketones is 1. The maximum Gasteiger partial charge on any atom is 0.358 e. The second-order valence-electron chi connectivity index (χ2n) is 5.73. The maximum absolute atomic E-state index is 12.5. The number of methoxy groups -OCH3 is 3. The van der Waals surface area contributed by atoms with Crippen LogP contribution < -0.4 is 10.2 Å². The molecule has 0 aromatic carbocycles. The van der Waals surface area contributed by atoms with Crippen LogP contribution in [-0.4, -0.2) is 43.6 Å². The summed E-state index contributed by atoms with van der Waals surface area (Å²) in [6.45, 7) is 0. The molecule has 0 aliphatic heterocycles. The molecule has 0 radical (unpaired) electrons. The van der Waals surface area contributed by atoms with Gasteiger partial charge < -0.3 is 18.8 Å². The minimum absolute atomic E-state index is 0.0656. The Morgan fingerprint density at radius 1 is 1.04 bits per heavy atom. The summed E-state index contributed by atoms with van der Waals surface area (Å²) in [5, 5.41) is 0. The largest absolute Gasteiger partial charge is 0.491 e. The number of carbonyl (C=O) groups excluding carboxylic acids is 3. The molecule has 136 valence electrons. The number of carbonyl (C=O) groups is 3. The Morgan fingerprint density at radius 3 is 2.32 bits per heavy atom. The van der Waals surface area contributed by atoms with Crippen molar-refractivity contribution in [1.82, 2.24) is 4.57 Å². The number of pyridine rings is 1. The van der Waals surface area contributed by atoms with E-state index in [-0.39, 0.29) is 22.8 Å². The lowest BCUT2D eigenvalue weighted by Crippen LogP contribution is -2.30. The first-order valence-electron chi connectivity index (χ1n) is 7.98. The third-order valence-corrected chi connectivity index (χ3v) is 4.29. The van der Waals surface area contributed by atoms with Gasteiger partial charge in [-0.2, -0.15) is 0 Å². The molecular weight excluding hydrogens is 330 g/mol. The van der Waals surface area contributed by atoms with Gasteiger partial charge in [0.25, 0.3) is 0 Å². The Kier molecular flexibility index (Phi) is 5.95. The molecule has 1 heterocycles. The Hall–Kier alpha value is -2.64. The fraction of sp³-hybridized carbons (Fsp3) is 0.529. The third kappa shape index (κ3) is 3.57. The highest BCUT2D eigenvalue weighted by Gasteiger charge is 2.32. The van der Waals surface area contributed by atoms with Crippen LogP contribution in [0, 0.1) is 0 Å². The van der Waals surface area contributed by atoms with E-state index in [1.54, 1.807) is 0 Å². The van der Waals surface area contributed by atoms with E-state index >= 15 is 0 Å². The van der Waals surface area contributed by atoms with Crippen molar-refractivity contribution in [2.24, 2.45) is 0 Å². The highest BCUT2D eigenvalue weighted by Crippen LogP contribution is 2.29. The fourth-order valence-electron chi connectivity index (χ4n) is 3.03. The molecule has 0 unspecified atom stereocenters. The summed E-state index contributed by atoms with van der Waals surface area (Å²) in [6, 6.07) is -0.672. The van der Waals surface area contributed by atoms with Crippen LogP contribution in [0.25, 0.3) is 0 Å². The van der Waals surface area contributed by atoms with E-state index in [0.717, 1.165) is 26.4 Å². The molecular formula is C17H21NO7. The van der Waals surface area contributed by atoms with Crippen LogP contribution in [0.4, 0.5) is 0 Å². The van der Waals surface area contributed by atoms with Crippen molar-refractivity contribution in [3.05, 3.63) is 27.7 Å². The smallest absolute Gasteiger partial charge is 0.358 e. The lowest BCUT2D eigenvalue weighted by atomic mass is 10.1. The molecule has 8 heteroatoms. The third-order valence-electron chi connectivity index (χ3n) is 4.29. The van der Waals surface area contributed by atoms with Gasteiger partial charge in [0.2, 0.25) is 5.43 Å². The number of esters is 2. The number of nitrogens with zero attached hydrogens (tertiary/aromatic N) is 1. The number of rotatable bonds is 4. The summed E-state index contributed by atoms with van der Waals surface area (Å²) < 4.78 is 15.8. The van der Waals surface area contributed by atoms with Crippen molar-refractivity contribution in [2.75, 3.05) is 21.3 Å². The Morgan fingerprint density at radius 2 is 1.72 bits per heavy atom. The number of ether oxygens (including phenoxy) is 3. The van der Waals surface area contributed by atoms with Gasteiger partial charge in [0.15, 0.2) is 17.2 Å².